The van der Waals surface area contributed by atoms with Gasteiger partial charge in [-0.05, 0) is 79.2 Å². The van der Waals surface area contributed by atoms with E-state index in [9.17, 15) is 4.79 Å². The minimum atomic E-state index is -0.0991. The van der Waals surface area contributed by atoms with Crippen LogP contribution in [0.2, 0.25) is 0 Å². The molecule has 0 bridgehead atoms. The number of likely N-dealkylation sites (tertiary alicyclic amines) is 1. The Morgan fingerprint density at radius 3 is 2.62 bits per heavy atom. The predicted octanol–water partition coefficient (Wildman–Crippen LogP) is 5.97. The van der Waals surface area contributed by atoms with Crippen molar-refractivity contribution in [3.05, 3.63) is 89.5 Å². The van der Waals surface area contributed by atoms with Crippen LogP contribution >= 0.6 is 0 Å². The summed E-state index contributed by atoms with van der Waals surface area (Å²) in [5.74, 6) is -0.0991. The van der Waals surface area contributed by atoms with Gasteiger partial charge in [0.25, 0.3) is 5.91 Å². The van der Waals surface area contributed by atoms with Crippen LogP contribution in [0.3, 0.4) is 0 Å². The lowest BCUT2D eigenvalue weighted by Gasteiger charge is -2.23. The molecular formula is C31H35N7O. The number of H-pyrrole nitrogens is 1. The van der Waals surface area contributed by atoms with Crippen LogP contribution in [0.15, 0.2) is 67.3 Å². The van der Waals surface area contributed by atoms with Crippen LogP contribution in [0.25, 0.3) is 22.6 Å². The Hall–Kier alpha value is -4.17. The van der Waals surface area contributed by atoms with E-state index in [-0.39, 0.29) is 11.3 Å². The van der Waals surface area contributed by atoms with Gasteiger partial charge >= 0.3 is 0 Å². The zero-order chi connectivity index (χ0) is 27.1. The number of amides is 1. The smallest absolute Gasteiger partial charge is 0.255 e. The van der Waals surface area contributed by atoms with Gasteiger partial charge in [-0.1, -0.05) is 32.9 Å². The van der Waals surface area contributed by atoms with Gasteiger partial charge in [0.05, 0.1) is 23.8 Å². The maximum atomic E-state index is 13.6. The van der Waals surface area contributed by atoms with Crippen molar-refractivity contribution in [1.29, 1.82) is 0 Å². The number of benzene rings is 2. The average Bonchev–Trinajstić information content (AvgIpc) is 3.70. The summed E-state index contributed by atoms with van der Waals surface area (Å²) in [5.41, 5.74) is 8.53. The molecular weight excluding hydrogens is 486 g/mol. The highest BCUT2D eigenvalue weighted by Crippen LogP contribution is 2.28. The van der Waals surface area contributed by atoms with Gasteiger partial charge in [0.15, 0.2) is 5.65 Å². The number of imidazole rings is 1. The topological polar surface area (TPSA) is 83.2 Å². The standard InChI is InChI=1S/C31H35N7O/c1-21-7-8-26(16-27(21)37-12-9-29-32-19-28(38(29)37)24-17-33-34-18-24)35-30(39)23-13-22(20-36-10-5-6-11-36)14-25(15-23)31(2,3)4/h7-9,12-19H,5-6,10-11,20H2,1-4H3,(H,33,34)(H,35,39). The lowest BCUT2D eigenvalue weighted by atomic mass is 9.85. The maximum Gasteiger partial charge on any atom is 0.255 e. The zero-order valence-corrected chi connectivity index (χ0v) is 23.0. The number of carbonyl (C=O) groups excluding carboxylic acids is 1. The second-order valence-electron chi connectivity index (χ2n) is 11.6. The number of aromatic nitrogens is 5. The maximum absolute atomic E-state index is 13.6. The molecule has 6 rings (SSSR count). The Balaban J connectivity index is 1.32. The number of hydrogen-bond acceptors (Lipinski definition) is 4. The molecule has 0 atom stereocenters. The number of aromatic amines is 1. The van der Waals surface area contributed by atoms with Crippen molar-refractivity contribution in [1.82, 2.24) is 29.3 Å². The first-order valence-electron chi connectivity index (χ1n) is 13.6. The molecule has 0 aliphatic carbocycles. The Morgan fingerprint density at radius 1 is 1.05 bits per heavy atom. The second kappa shape index (κ2) is 9.85. The summed E-state index contributed by atoms with van der Waals surface area (Å²) >= 11 is 0. The zero-order valence-electron chi connectivity index (χ0n) is 23.0. The van der Waals surface area contributed by atoms with Crippen molar-refractivity contribution >= 4 is 17.2 Å². The monoisotopic (exact) mass is 521 g/mol. The summed E-state index contributed by atoms with van der Waals surface area (Å²) < 4.78 is 4.11. The van der Waals surface area contributed by atoms with Crippen molar-refractivity contribution in [2.24, 2.45) is 0 Å². The second-order valence-corrected chi connectivity index (χ2v) is 11.6. The van der Waals surface area contributed by atoms with E-state index in [1.165, 1.54) is 24.0 Å². The van der Waals surface area contributed by atoms with Gasteiger partial charge in [-0.3, -0.25) is 19.5 Å². The van der Waals surface area contributed by atoms with E-state index in [4.69, 9.17) is 0 Å². The fourth-order valence-corrected chi connectivity index (χ4v) is 5.36. The first-order chi connectivity index (χ1) is 18.8. The quantitative estimate of drug-likeness (QED) is 0.288. The number of rotatable bonds is 6. The molecule has 0 spiro atoms. The van der Waals surface area contributed by atoms with Crippen molar-refractivity contribution in [3.8, 4) is 16.9 Å². The minimum absolute atomic E-state index is 0.0512. The molecule has 4 heterocycles. The van der Waals surface area contributed by atoms with Gasteiger partial charge in [-0.25, -0.2) is 9.50 Å². The average molecular weight is 522 g/mol. The first-order valence-corrected chi connectivity index (χ1v) is 13.6. The molecule has 1 saturated heterocycles. The van der Waals surface area contributed by atoms with E-state index in [1.54, 1.807) is 6.20 Å². The molecule has 2 N–H and O–H groups in total. The molecule has 1 fully saturated rings. The third kappa shape index (κ3) is 5.00. The molecule has 0 unspecified atom stereocenters. The lowest BCUT2D eigenvalue weighted by Crippen LogP contribution is -2.21. The Kier molecular flexibility index (Phi) is 6.35. The summed E-state index contributed by atoms with van der Waals surface area (Å²) in [6, 6.07) is 14.3. The number of carbonyl (C=O) groups is 1. The van der Waals surface area contributed by atoms with Gasteiger partial charge in [0.2, 0.25) is 0 Å². The van der Waals surface area contributed by atoms with Gasteiger partial charge in [0.1, 0.15) is 0 Å². The van der Waals surface area contributed by atoms with Gasteiger partial charge in [-0.15, -0.1) is 0 Å². The van der Waals surface area contributed by atoms with Crippen LogP contribution in [0, 0.1) is 6.92 Å². The molecule has 39 heavy (non-hydrogen) atoms. The summed E-state index contributed by atoms with van der Waals surface area (Å²) in [6.45, 7) is 11.8. The fourth-order valence-electron chi connectivity index (χ4n) is 5.36. The van der Waals surface area contributed by atoms with Gasteiger partial charge in [-0.2, -0.15) is 5.10 Å². The van der Waals surface area contributed by atoms with Crippen molar-refractivity contribution < 1.29 is 4.79 Å². The van der Waals surface area contributed by atoms with Crippen LogP contribution in [-0.4, -0.2) is 48.3 Å². The first kappa shape index (κ1) is 25.1. The summed E-state index contributed by atoms with van der Waals surface area (Å²) in [5, 5.41) is 10.1. The molecule has 8 nitrogen and oxygen atoms in total. The van der Waals surface area contributed by atoms with Crippen LogP contribution < -0.4 is 5.32 Å². The number of nitrogens with one attached hydrogen (secondary N) is 2. The van der Waals surface area contributed by atoms with Gasteiger partial charge < -0.3 is 5.32 Å². The van der Waals surface area contributed by atoms with E-state index >= 15 is 0 Å². The van der Waals surface area contributed by atoms with E-state index in [1.807, 2.05) is 48.9 Å². The molecule has 2 aromatic carbocycles. The molecule has 5 aromatic rings. The molecule has 1 aliphatic heterocycles. The summed E-state index contributed by atoms with van der Waals surface area (Å²) in [7, 11) is 0. The number of anilines is 1. The van der Waals surface area contributed by atoms with Crippen LogP contribution in [0.5, 0.6) is 0 Å². The predicted molar refractivity (Wildman–Crippen MR) is 154 cm³/mol. The normalized spacial score (nSPS) is 14.4. The minimum Gasteiger partial charge on any atom is -0.322 e. The third-order valence-corrected chi connectivity index (χ3v) is 7.58. The lowest BCUT2D eigenvalue weighted by molar-refractivity contribution is 0.102. The number of nitrogens with zero attached hydrogens (tertiary/aromatic N) is 5. The number of aryl methyl sites for hydroxylation is 1. The number of hydrogen-bond donors (Lipinski definition) is 2. The van der Waals surface area contributed by atoms with Crippen molar-refractivity contribution in [2.45, 2.75) is 52.5 Å². The Morgan fingerprint density at radius 2 is 1.87 bits per heavy atom. The molecule has 200 valence electrons. The molecule has 3 aromatic heterocycles. The molecule has 1 aliphatic rings. The highest BCUT2D eigenvalue weighted by atomic mass is 16.1. The SMILES string of the molecule is Cc1ccc(NC(=O)c2cc(CN3CCCC3)cc(C(C)(C)C)c2)cc1-n1ccc2ncc(-c3cn[nH]c3)n21. The van der Waals surface area contributed by atoms with E-state index in [2.05, 4.69) is 74.4 Å². The largest absolute Gasteiger partial charge is 0.322 e. The Bertz CT molecular complexity index is 1630. The molecule has 0 radical (unpaired) electrons. The Labute approximate surface area is 228 Å². The van der Waals surface area contributed by atoms with Crippen LogP contribution in [0.1, 0.15) is 60.7 Å². The summed E-state index contributed by atoms with van der Waals surface area (Å²) in [4.78, 5) is 20.6. The van der Waals surface area contributed by atoms with E-state index in [0.29, 0.717) is 5.56 Å². The van der Waals surface area contributed by atoms with E-state index < -0.39 is 0 Å². The van der Waals surface area contributed by atoms with Crippen LogP contribution in [0.4, 0.5) is 5.69 Å². The summed E-state index contributed by atoms with van der Waals surface area (Å²) in [6.07, 6.45) is 9.98. The molecule has 8 heteroatoms. The highest BCUT2D eigenvalue weighted by molar-refractivity contribution is 6.04. The fraction of sp³-hybridized carbons (Fsp3) is 0.323. The number of fused-ring (bicyclic) bond motifs is 1. The molecule has 1 amide bonds. The van der Waals surface area contributed by atoms with Gasteiger partial charge in [0, 0.05) is 41.8 Å². The van der Waals surface area contributed by atoms with E-state index in [0.717, 1.165) is 53.5 Å². The third-order valence-electron chi connectivity index (χ3n) is 7.58. The highest BCUT2D eigenvalue weighted by Gasteiger charge is 2.20. The van der Waals surface area contributed by atoms with Crippen molar-refractivity contribution in [2.75, 3.05) is 18.4 Å². The molecule has 0 saturated carbocycles. The van der Waals surface area contributed by atoms with Crippen LogP contribution in [-0.2, 0) is 12.0 Å². The van der Waals surface area contributed by atoms with Crippen molar-refractivity contribution in [3.63, 3.8) is 0 Å².